The van der Waals surface area contributed by atoms with Gasteiger partial charge in [-0.3, -0.25) is 0 Å². The van der Waals surface area contributed by atoms with Crippen molar-refractivity contribution in [3.8, 4) is 44.5 Å². The Morgan fingerprint density at radius 2 is 1.00 bits per heavy atom. The van der Waals surface area contributed by atoms with Gasteiger partial charge in [0.2, 0.25) is 0 Å². The van der Waals surface area contributed by atoms with E-state index in [1.807, 2.05) is 12.1 Å². The molecule has 0 radical (unpaired) electrons. The van der Waals surface area contributed by atoms with Crippen molar-refractivity contribution in [3.05, 3.63) is 185 Å². The van der Waals surface area contributed by atoms with Gasteiger partial charge >= 0.3 is 0 Å². The highest BCUT2D eigenvalue weighted by Crippen LogP contribution is 2.62. The lowest BCUT2D eigenvalue weighted by molar-refractivity contribution is 0.776. The highest BCUT2D eigenvalue weighted by molar-refractivity contribution is 6.06. The third kappa shape index (κ3) is 3.16. The first kappa shape index (κ1) is 23.9. The molecule has 198 valence electrons. The molecule has 1 nitrogen and oxygen atoms in total. The van der Waals surface area contributed by atoms with Crippen molar-refractivity contribution in [2.45, 2.75) is 5.41 Å². The second-order valence-electron chi connectivity index (χ2n) is 11.5. The van der Waals surface area contributed by atoms with E-state index < -0.39 is 5.41 Å². The topological polar surface area (TPSA) is 4.36 Å². The molecule has 0 aromatic heterocycles. The molecule has 2 aliphatic rings. The molecule has 1 spiro atoms. The summed E-state index contributed by atoms with van der Waals surface area (Å²) in [4.78, 5) is 3.62. The van der Waals surface area contributed by atoms with Crippen LogP contribution in [0.15, 0.2) is 152 Å². The summed E-state index contributed by atoms with van der Waals surface area (Å²) in [6.07, 6.45) is 0. The Morgan fingerprint density at radius 1 is 0.419 bits per heavy atom. The SMILES string of the molecule is [C-]#[N+]c1ccc(-c2ccc3c(c2)C2(c4ccccc4-c4ccccc4-3)c3ccccc3-c3c2ccc2ccccc32)cc1. The molecular weight excluding hydrogens is 518 g/mol. The van der Waals surface area contributed by atoms with Gasteiger partial charge in [-0.15, -0.1) is 0 Å². The second kappa shape index (κ2) is 8.89. The predicted octanol–water partition coefficient (Wildman–Crippen LogP) is 11.1. The van der Waals surface area contributed by atoms with Crippen molar-refractivity contribution in [1.82, 2.24) is 0 Å². The van der Waals surface area contributed by atoms with Crippen LogP contribution < -0.4 is 0 Å². The minimum Gasteiger partial charge on any atom is -0.238 e. The summed E-state index contributed by atoms with van der Waals surface area (Å²) in [5.74, 6) is 0. The van der Waals surface area contributed by atoms with Crippen LogP contribution in [0.1, 0.15) is 22.3 Å². The summed E-state index contributed by atoms with van der Waals surface area (Å²) in [6, 6.07) is 55.3. The number of hydrogen-bond donors (Lipinski definition) is 0. The second-order valence-corrected chi connectivity index (χ2v) is 11.5. The van der Waals surface area contributed by atoms with Crippen molar-refractivity contribution in [3.63, 3.8) is 0 Å². The summed E-state index contributed by atoms with van der Waals surface area (Å²) in [5.41, 5.74) is 15.3. The minimum absolute atomic E-state index is 0.520. The third-order valence-electron chi connectivity index (χ3n) is 9.53. The molecule has 7 aromatic carbocycles. The molecule has 0 bridgehead atoms. The number of nitrogens with zero attached hydrogens (tertiary/aromatic N) is 1. The zero-order valence-corrected chi connectivity index (χ0v) is 23.4. The summed E-state index contributed by atoms with van der Waals surface area (Å²) in [6.45, 7) is 7.44. The van der Waals surface area contributed by atoms with E-state index in [9.17, 15) is 0 Å². The van der Waals surface area contributed by atoms with Gasteiger partial charge in [0, 0.05) is 0 Å². The van der Waals surface area contributed by atoms with Crippen LogP contribution in [0.5, 0.6) is 0 Å². The quantitative estimate of drug-likeness (QED) is 0.181. The van der Waals surface area contributed by atoms with Crippen LogP contribution in [0, 0.1) is 6.57 Å². The molecule has 0 saturated carbocycles. The lowest BCUT2D eigenvalue weighted by Crippen LogP contribution is -2.29. The average Bonchev–Trinajstić information content (AvgIpc) is 3.34. The molecule has 0 aliphatic heterocycles. The van der Waals surface area contributed by atoms with Crippen LogP contribution in [0.3, 0.4) is 0 Å². The van der Waals surface area contributed by atoms with E-state index in [0.717, 1.165) is 11.1 Å². The zero-order valence-electron chi connectivity index (χ0n) is 23.4. The fraction of sp³-hybridized carbons (Fsp3) is 0.0238. The molecule has 1 unspecified atom stereocenters. The largest absolute Gasteiger partial charge is 0.238 e. The predicted molar refractivity (Wildman–Crippen MR) is 177 cm³/mol. The number of rotatable bonds is 1. The van der Waals surface area contributed by atoms with Gasteiger partial charge < -0.3 is 0 Å². The lowest BCUT2D eigenvalue weighted by Gasteiger charge is -2.35. The van der Waals surface area contributed by atoms with Gasteiger partial charge in [0.25, 0.3) is 0 Å². The van der Waals surface area contributed by atoms with Gasteiger partial charge in [-0.2, -0.15) is 0 Å². The standard InChI is InChI=1S/C42H25N/c1-43-30-22-18-27(19-23-30)29-20-24-35-33-13-5-4-12-32(33)34-14-6-8-16-37(34)42(40(35)26-29)38-17-9-7-15-36(38)41-31-11-3-2-10-28(31)21-25-39(41)42/h2-26H. The van der Waals surface area contributed by atoms with E-state index in [-0.39, 0.29) is 0 Å². The van der Waals surface area contributed by atoms with Crippen LogP contribution in [0.4, 0.5) is 5.69 Å². The van der Waals surface area contributed by atoms with Crippen molar-refractivity contribution >= 4 is 16.5 Å². The minimum atomic E-state index is -0.520. The Hall–Kier alpha value is -5.71. The molecule has 1 atom stereocenters. The lowest BCUT2D eigenvalue weighted by atomic mass is 9.65. The van der Waals surface area contributed by atoms with Crippen molar-refractivity contribution in [2.75, 3.05) is 0 Å². The Morgan fingerprint density at radius 3 is 1.74 bits per heavy atom. The molecule has 0 saturated heterocycles. The molecule has 43 heavy (non-hydrogen) atoms. The van der Waals surface area contributed by atoms with Crippen LogP contribution >= 0.6 is 0 Å². The highest BCUT2D eigenvalue weighted by Gasteiger charge is 2.50. The van der Waals surface area contributed by atoms with Crippen LogP contribution in [-0.2, 0) is 5.41 Å². The zero-order chi connectivity index (χ0) is 28.5. The maximum atomic E-state index is 7.44. The van der Waals surface area contributed by atoms with Crippen molar-refractivity contribution < 1.29 is 0 Å². The van der Waals surface area contributed by atoms with E-state index in [2.05, 4.69) is 144 Å². The van der Waals surface area contributed by atoms with Gasteiger partial charge in [-0.1, -0.05) is 146 Å². The monoisotopic (exact) mass is 543 g/mol. The Bertz CT molecular complexity index is 2300. The molecular formula is C42H25N. The molecule has 0 N–H and O–H groups in total. The number of hydrogen-bond acceptors (Lipinski definition) is 0. The summed E-state index contributed by atoms with van der Waals surface area (Å²) in [7, 11) is 0. The average molecular weight is 544 g/mol. The van der Waals surface area contributed by atoms with Gasteiger partial charge in [-0.05, 0) is 83.6 Å². The molecule has 0 fully saturated rings. The molecule has 9 rings (SSSR count). The van der Waals surface area contributed by atoms with E-state index in [4.69, 9.17) is 6.57 Å². The normalized spacial score (nSPS) is 15.5. The summed E-state index contributed by atoms with van der Waals surface area (Å²) >= 11 is 0. The third-order valence-corrected chi connectivity index (χ3v) is 9.53. The summed E-state index contributed by atoms with van der Waals surface area (Å²) < 4.78 is 0. The summed E-state index contributed by atoms with van der Waals surface area (Å²) in [5, 5.41) is 2.54. The first-order valence-corrected chi connectivity index (χ1v) is 14.7. The first-order valence-electron chi connectivity index (χ1n) is 14.7. The highest BCUT2D eigenvalue weighted by atomic mass is 14.6. The maximum Gasteiger partial charge on any atom is 0.187 e. The molecule has 1 heteroatoms. The molecule has 0 heterocycles. The Balaban J connectivity index is 1.49. The van der Waals surface area contributed by atoms with Gasteiger partial charge in [0.15, 0.2) is 5.69 Å². The van der Waals surface area contributed by atoms with Crippen LogP contribution in [0.25, 0.3) is 60.1 Å². The maximum absolute atomic E-state index is 7.44. The Labute approximate surface area is 251 Å². The fourth-order valence-electron chi connectivity index (χ4n) is 7.77. The number of fused-ring (bicyclic) bond motifs is 14. The van der Waals surface area contributed by atoms with Gasteiger partial charge in [0.1, 0.15) is 0 Å². The van der Waals surface area contributed by atoms with Gasteiger partial charge in [-0.25, -0.2) is 4.85 Å². The fourth-order valence-corrected chi connectivity index (χ4v) is 7.77. The Kier molecular flexibility index (Phi) is 4.95. The molecule has 2 aliphatic carbocycles. The van der Waals surface area contributed by atoms with Gasteiger partial charge in [0.05, 0.1) is 12.0 Å². The van der Waals surface area contributed by atoms with Crippen molar-refractivity contribution in [2.24, 2.45) is 0 Å². The van der Waals surface area contributed by atoms with Crippen molar-refractivity contribution in [1.29, 1.82) is 0 Å². The van der Waals surface area contributed by atoms with E-state index in [0.29, 0.717) is 5.69 Å². The molecule has 7 aromatic rings. The smallest absolute Gasteiger partial charge is 0.187 e. The van der Waals surface area contributed by atoms with Crippen LogP contribution in [0.2, 0.25) is 0 Å². The molecule has 0 amide bonds. The van der Waals surface area contributed by atoms with E-state index in [1.165, 1.54) is 66.4 Å². The van der Waals surface area contributed by atoms with E-state index in [1.54, 1.807) is 0 Å². The van der Waals surface area contributed by atoms with E-state index >= 15 is 0 Å². The first-order chi connectivity index (χ1) is 21.3. The van der Waals surface area contributed by atoms with Crippen LogP contribution in [-0.4, -0.2) is 0 Å². The number of benzene rings is 7.